The van der Waals surface area contributed by atoms with Gasteiger partial charge in [-0.15, -0.1) is 11.3 Å². The molecule has 0 fully saturated rings. The van der Waals surface area contributed by atoms with Crippen LogP contribution in [0.4, 0.5) is 0 Å². The molecule has 266 valence electrons. The normalized spacial score (nSPS) is 14.7. The van der Waals surface area contributed by atoms with E-state index in [4.69, 9.17) is 15.0 Å². The molecule has 0 atom stereocenters. The third-order valence-corrected chi connectivity index (χ3v) is 13.9. The Morgan fingerprint density at radius 2 is 0.964 bits per heavy atom. The van der Waals surface area contributed by atoms with Crippen LogP contribution < -0.4 is 0 Å². The van der Waals surface area contributed by atoms with Gasteiger partial charge < -0.3 is 0 Å². The lowest BCUT2D eigenvalue weighted by Crippen LogP contribution is -2.15. The summed E-state index contributed by atoms with van der Waals surface area (Å²) in [5, 5.41) is 4.89. The number of para-hydroxylation sites is 1. The molecule has 0 spiro atoms. The van der Waals surface area contributed by atoms with Gasteiger partial charge in [0.15, 0.2) is 11.6 Å². The third-order valence-electron chi connectivity index (χ3n) is 12.7. The summed E-state index contributed by atoms with van der Waals surface area (Å²) in [6.45, 7) is 9.30. The molecule has 7 aromatic carbocycles. The first kappa shape index (κ1) is 31.9. The van der Waals surface area contributed by atoms with Crippen LogP contribution >= 0.6 is 11.3 Å². The molecule has 56 heavy (non-hydrogen) atoms. The molecule has 3 heterocycles. The summed E-state index contributed by atoms with van der Waals surface area (Å²) < 4.78 is 4.79. The van der Waals surface area contributed by atoms with Gasteiger partial charge in [-0.3, -0.25) is 4.57 Å². The van der Waals surface area contributed by atoms with Crippen molar-refractivity contribution < 1.29 is 0 Å². The molecule has 2 aliphatic rings. The average molecular weight is 737 g/mol. The second-order valence-electron chi connectivity index (χ2n) is 16.4. The van der Waals surface area contributed by atoms with Crippen LogP contribution in [0.25, 0.3) is 93.0 Å². The van der Waals surface area contributed by atoms with Crippen molar-refractivity contribution in [2.75, 3.05) is 0 Å². The number of hydrogen-bond acceptors (Lipinski definition) is 4. The predicted octanol–water partition coefficient (Wildman–Crippen LogP) is 13.3. The number of benzene rings is 7. The van der Waals surface area contributed by atoms with Gasteiger partial charge in [0.2, 0.25) is 5.95 Å². The molecule has 0 saturated carbocycles. The van der Waals surface area contributed by atoms with Gasteiger partial charge >= 0.3 is 0 Å². The summed E-state index contributed by atoms with van der Waals surface area (Å²) in [6.07, 6.45) is 0. The molecule has 12 rings (SSSR count). The summed E-state index contributed by atoms with van der Waals surface area (Å²) in [6, 6.07) is 53.0. The maximum atomic E-state index is 5.43. The Kier molecular flexibility index (Phi) is 6.31. The summed E-state index contributed by atoms with van der Waals surface area (Å²) in [7, 11) is 0. The van der Waals surface area contributed by atoms with Crippen LogP contribution in [-0.2, 0) is 10.8 Å². The lowest BCUT2D eigenvalue weighted by atomic mass is 9.82. The van der Waals surface area contributed by atoms with Gasteiger partial charge in [-0.1, -0.05) is 149 Å². The van der Waals surface area contributed by atoms with Crippen molar-refractivity contribution >= 4 is 53.3 Å². The van der Waals surface area contributed by atoms with E-state index >= 15 is 0 Å². The predicted molar refractivity (Wildman–Crippen MR) is 233 cm³/mol. The average Bonchev–Trinajstić information content (AvgIpc) is 3.92. The molecule has 0 amide bonds. The lowest BCUT2D eigenvalue weighted by Gasteiger charge is -2.22. The van der Waals surface area contributed by atoms with E-state index in [1.807, 2.05) is 11.3 Å². The maximum absolute atomic E-state index is 5.43. The molecule has 0 aliphatic heterocycles. The van der Waals surface area contributed by atoms with Crippen molar-refractivity contribution in [3.63, 3.8) is 0 Å². The number of hydrogen-bond donors (Lipinski definition) is 0. The van der Waals surface area contributed by atoms with E-state index in [-0.39, 0.29) is 10.8 Å². The first-order valence-corrected chi connectivity index (χ1v) is 20.2. The fraction of sp³-hybridized carbons (Fsp3) is 0.118. The minimum Gasteiger partial charge on any atom is -0.276 e. The Hall–Kier alpha value is -6.43. The van der Waals surface area contributed by atoms with Crippen LogP contribution in [-0.4, -0.2) is 19.5 Å². The van der Waals surface area contributed by atoms with Crippen molar-refractivity contribution in [3.8, 4) is 51.0 Å². The van der Waals surface area contributed by atoms with Crippen LogP contribution in [0.15, 0.2) is 146 Å². The topological polar surface area (TPSA) is 43.6 Å². The molecule has 3 aromatic heterocycles. The van der Waals surface area contributed by atoms with Crippen LogP contribution in [0.5, 0.6) is 0 Å². The van der Waals surface area contributed by atoms with Crippen molar-refractivity contribution in [3.05, 3.63) is 168 Å². The molecule has 0 unspecified atom stereocenters. The monoisotopic (exact) mass is 736 g/mol. The summed E-state index contributed by atoms with van der Waals surface area (Å²) in [5.41, 5.74) is 14.3. The molecular weight excluding hydrogens is 701 g/mol. The largest absolute Gasteiger partial charge is 0.276 e. The SMILES string of the molecule is CC1(C)c2ccccc2-c2ccc(-c3nc(-c4ccc5c(c4)C(C)(C)c4ccccc4-5)nc(-n4c5ccccc5c5ccc6c7ccccc7sc6c54)n3)cc21. The fourth-order valence-electron chi connectivity index (χ4n) is 9.85. The van der Waals surface area contributed by atoms with Crippen LogP contribution in [0, 0.1) is 0 Å². The van der Waals surface area contributed by atoms with E-state index in [1.165, 1.54) is 75.5 Å². The minimum atomic E-state index is -0.152. The Labute approximate surface area is 328 Å². The third kappa shape index (κ3) is 4.21. The van der Waals surface area contributed by atoms with Crippen LogP contribution in [0.1, 0.15) is 49.9 Å². The van der Waals surface area contributed by atoms with Crippen molar-refractivity contribution in [2.24, 2.45) is 0 Å². The molecular formula is C51H36N4S. The van der Waals surface area contributed by atoms with Gasteiger partial charge in [-0.2, -0.15) is 9.97 Å². The van der Waals surface area contributed by atoms with Gasteiger partial charge in [0.05, 0.1) is 15.7 Å². The molecule has 4 nitrogen and oxygen atoms in total. The van der Waals surface area contributed by atoms with E-state index < -0.39 is 0 Å². The molecule has 0 radical (unpaired) electrons. The molecule has 0 saturated heterocycles. The number of fused-ring (bicyclic) bond motifs is 13. The van der Waals surface area contributed by atoms with Gasteiger partial charge in [-0.05, 0) is 68.8 Å². The zero-order valence-corrected chi connectivity index (χ0v) is 32.4. The number of nitrogens with zero attached hydrogens (tertiary/aromatic N) is 4. The zero-order chi connectivity index (χ0) is 37.5. The Morgan fingerprint density at radius 3 is 1.61 bits per heavy atom. The van der Waals surface area contributed by atoms with Gasteiger partial charge in [0, 0.05) is 48.2 Å². The van der Waals surface area contributed by atoms with Crippen molar-refractivity contribution in [2.45, 2.75) is 38.5 Å². The van der Waals surface area contributed by atoms with Gasteiger partial charge in [0.1, 0.15) is 0 Å². The molecule has 0 N–H and O–H groups in total. The maximum Gasteiger partial charge on any atom is 0.238 e. The summed E-state index contributed by atoms with van der Waals surface area (Å²) in [5.74, 6) is 1.95. The van der Waals surface area contributed by atoms with E-state index in [9.17, 15) is 0 Å². The highest BCUT2D eigenvalue weighted by atomic mass is 32.1. The summed E-state index contributed by atoms with van der Waals surface area (Å²) in [4.78, 5) is 16.2. The Morgan fingerprint density at radius 1 is 0.446 bits per heavy atom. The highest BCUT2D eigenvalue weighted by Gasteiger charge is 2.37. The number of aromatic nitrogens is 4. The van der Waals surface area contributed by atoms with Crippen LogP contribution in [0.3, 0.4) is 0 Å². The van der Waals surface area contributed by atoms with E-state index in [2.05, 4.69) is 178 Å². The second-order valence-corrected chi connectivity index (χ2v) is 17.5. The summed E-state index contributed by atoms with van der Waals surface area (Å²) >= 11 is 1.84. The minimum absolute atomic E-state index is 0.152. The van der Waals surface area contributed by atoms with Gasteiger partial charge in [0.25, 0.3) is 0 Å². The highest BCUT2D eigenvalue weighted by Crippen LogP contribution is 2.51. The Bertz CT molecular complexity index is 3200. The smallest absolute Gasteiger partial charge is 0.238 e. The molecule has 5 heteroatoms. The molecule has 10 aromatic rings. The number of rotatable bonds is 3. The zero-order valence-electron chi connectivity index (χ0n) is 31.6. The van der Waals surface area contributed by atoms with E-state index in [0.29, 0.717) is 17.6 Å². The number of thiophene rings is 1. The first-order valence-electron chi connectivity index (χ1n) is 19.4. The van der Waals surface area contributed by atoms with Crippen molar-refractivity contribution in [1.82, 2.24) is 19.5 Å². The molecule has 2 aliphatic carbocycles. The molecule has 0 bridgehead atoms. The van der Waals surface area contributed by atoms with Crippen molar-refractivity contribution in [1.29, 1.82) is 0 Å². The first-order chi connectivity index (χ1) is 27.3. The highest BCUT2D eigenvalue weighted by molar-refractivity contribution is 7.26. The van der Waals surface area contributed by atoms with E-state index in [1.54, 1.807) is 0 Å². The fourth-order valence-corrected chi connectivity index (χ4v) is 11.1. The van der Waals surface area contributed by atoms with E-state index in [0.717, 1.165) is 22.2 Å². The van der Waals surface area contributed by atoms with Gasteiger partial charge in [-0.25, -0.2) is 4.98 Å². The second kappa shape index (κ2) is 11.1. The Balaban J connectivity index is 1.14. The lowest BCUT2D eigenvalue weighted by molar-refractivity contribution is 0.660. The quantitative estimate of drug-likeness (QED) is 0.181. The van der Waals surface area contributed by atoms with Crippen LogP contribution in [0.2, 0.25) is 0 Å². The standard InChI is InChI=1S/C51H36N4S/c1-50(2)39-17-9-5-13-31(39)33-23-21-29(27-41(33)50)47-52-48(30-22-24-34-32-14-6-10-18-40(32)51(3,4)42(34)28-30)54-49(53-47)55-43-19-11-7-15-35(43)37-25-26-38-36-16-8-12-20-44(36)56-46(38)45(37)55/h5-28H,1-4H3.